The molecule has 0 saturated heterocycles. The first-order valence-corrected chi connectivity index (χ1v) is 8.53. The van der Waals surface area contributed by atoms with Crippen LogP contribution in [0.25, 0.3) is 10.9 Å². The van der Waals surface area contributed by atoms with E-state index in [1.54, 1.807) is 6.20 Å². The molecular formula is C18H22ClN3O2. The maximum absolute atomic E-state index is 13.0. The summed E-state index contributed by atoms with van der Waals surface area (Å²) < 4.78 is 0. The summed E-state index contributed by atoms with van der Waals surface area (Å²) in [6, 6.07) is 1.91. The van der Waals surface area contributed by atoms with Gasteiger partial charge < -0.3 is 9.69 Å². The minimum Gasteiger partial charge on any atom is -0.338 e. The molecule has 2 heterocycles. The Balaban J connectivity index is 2.11. The minimum absolute atomic E-state index is 0.0200. The molecule has 6 heteroatoms. The number of aromatic amines is 1. The van der Waals surface area contributed by atoms with Gasteiger partial charge in [0, 0.05) is 30.8 Å². The van der Waals surface area contributed by atoms with Crippen molar-refractivity contribution >= 4 is 34.7 Å². The molecule has 1 unspecified atom stereocenters. The highest BCUT2D eigenvalue weighted by Crippen LogP contribution is 2.34. The van der Waals surface area contributed by atoms with E-state index in [2.05, 4.69) is 31.0 Å². The zero-order valence-electron chi connectivity index (χ0n) is 14.2. The lowest BCUT2D eigenvalue weighted by Crippen LogP contribution is -2.40. The van der Waals surface area contributed by atoms with Crippen LogP contribution in [0, 0.1) is 11.3 Å². The van der Waals surface area contributed by atoms with Crippen molar-refractivity contribution in [3.8, 4) is 0 Å². The van der Waals surface area contributed by atoms with E-state index in [1.807, 2.05) is 11.0 Å². The van der Waals surface area contributed by atoms with E-state index in [4.69, 9.17) is 11.6 Å². The molecule has 1 N–H and O–H groups in total. The number of carbonyl (C=O) groups is 2. The van der Waals surface area contributed by atoms with Gasteiger partial charge in [0.25, 0.3) is 0 Å². The van der Waals surface area contributed by atoms with Gasteiger partial charge in [0.1, 0.15) is 6.29 Å². The molecule has 1 atom stereocenters. The second-order valence-corrected chi connectivity index (χ2v) is 8.12. The predicted molar refractivity (Wildman–Crippen MR) is 93.9 cm³/mol. The number of aromatic nitrogens is 2. The van der Waals surface area contributed by atoms with Crippen molar-refractivity contribution < 1.29 is 9.59 Å². The molecule has 0 bridgehead atoms. The van der Waals surface area contributed by atoms with Gasteiger partial charge in [-0.25, -0.2) is 0 Å². The van der Waals surface area contributed by atoms with Gasteiger partial charge in [-0.05, 0) is 29.0 Å². The highest BCUT2D eigenvalue weighted by atomic mass is 35.5. The Morgan fingerprint density at radius 1 is 1.46 bits per heavy atom. The highest BCUT2D eigenvalue weighted by Gasteiger charge is 2.32. The summed E-state index contributed by atoms with van der Waals surface area (Å²) in [7, 11) is 0. The third kappa shape index (κ3) is 3.18. The number of rotatable bonds is 3. The van der Waals surface area contributed by atoms with Crippen LogP contribution in [0.15, 0.2) is 12.3 Å². The lowest BCUT2D eigenvalue weighted by Gasteiger charge is -2.31. The van der Waals surface area contributed by atoms with Crippen LogP contribution < -0.4 is 0 Å². The minimum atomic E-state index is -0.327. The van der Waals surface area contributed by atoms with Crippen molar-refractivity contribution in [2.75, 3.05) is 6.54 Å². The summed E-state index contributed by atoms with van der Waals surface area (Å²) in [5.74, 6) is -0.285. The molecule has 3 rings (SSSR count). The summed E-state index contributed by atoms with van der Waals surface area (Å²) in [4.78, 5) is 25.9. The van der Waals surface area contributed by atoms with Crippen LogP contribution in [-0.4, -0.2) is 33.8 Å². The average molecular weight is 348 g/mol. The number of amides is 1. The average Bonchev–Trinajstić information content (AvgIpc) is 2.93. The Kier molecular flexibility index (Phi) is 4.38. The van der Waals surface area contributed by atoms with Crippen LogP contribution >= 0.6 is 11.6 Å². The van der Waals surface area contributed by atoms with E-state index in [0.717, 1.165) is 28.3 Å². The molecule has 1 aromatic carbocycles. The smallest absolute Gasteiger partial charge is 0.226 e. The maximum atomic E-state index is 13.0. The molecule has 2 aromatic rings. The Bertz CT molecular complexity index is 791. The quantitative estimate of drug-likeness (QED) is 0.866. The molecule has 0 saturated carbocycles. The second kappa shape index (κ2) is 6.20. The largest absolute Gasteiger partial charge is 0.338 e. The number of benzene rings is 1. The van der Waals surface area contributed by atoms with Crippen molar-refractivity contribution in [2.24, 2.45) is 11.3 Å². The summed E-state index contributed by atoms with van der Waals surface area (Å²) in [5, 5.41) is 8.59. The molecule has 0 spiro atoms. The number of fused-ring (bicyclic) bond motifs is 3. The molecule has 0 fully saturated rings. The fraction of sp³-hybridized carbons (Fsp3) is 0.500. The van der Waals surface area contributed by atoms with Crippen LogP contribution in [0.5, 0.6) is 0 Å². The van der Waals surface area contributed by atoms with Gasteiger partial charge in [-0.3, -0.25) is 9.89 Å². The Hall–Kier alpha value is -1.88. The summed E-state index contributed by atoms with van der Waals surface area (Å²) in [6.07, 6.45) is 3.37. The molecule has 5 nitrogen and oxygen atoms in total. The first-order chi connectivity index (χ1) is 11.3. The predicted octanol–water partition coefficient (Wildman–Crippen LogP) is 3.35. The number of hydrogen-bond acceptors (Lipinski definition) is 3. The number of nitrogens with zero attached hydrogens (tertiary/aromatic N) is 2. The maximum Gasteiger partial charge on any atom is 0.226 e. The number of hydrogen-bond donors (Lipinski definition) is 1. The van der Waals surface area contributed by atoms with E-state index >= 15 is 0 Å². The number of nitrogens with one attached hydrogen (secondary N) is 1. The highest BCUT2D eigenvalue weighted by molar-refractivity contribution is 6.35. The molecule has 1 aliphatic rings. The number of H-pyrrole nitrogens is 1. The SMILES string of the molecule is CC(C)(C)CN1Cc2c(cc(Cl)c3[nH]ncc23)CC(CC=O)C1=O. The topological polar surface area (TPSA) is 66.1 Å². The Morgan fingerprint density at radius 3 is 2.88 bits per heavy atom. The van der Waals surface area contributed by atoms with Gasteiger partial charge in [-0.15, -0.1) is 0 Å². The summed E-state index contributed by atoms with van der Waals surface area (Å²) in [6.45, 7) is 7.49. The van der Waals surface area contributed by atoms with Crippen molar-refractivity contribution in [3.05, 3.63) is 28.4 Å². The van der Waals surface area contributed by atoms with Gasteiger partial charge in [0.2, 0.25) is 5.91 Å². The zero-order valence-corrected chi connectivity index (χ0v) is 15.0. The molecular weight excluding hydrogens is 326 g/mol. The van der Waals surface area contributed by atoms with Gasteiger partial charge >= 0.3 is 0 Å². The van der Waals surface area contributed by atoms with E-state index < -0.39 is 0 Å². The van der Waals surface area contributed by atoms with Crippen molar-refractivity contribution in [1.82, 2.24) is 15.1 Å². The first-order valence-electron chi connectivity index (χ1n) is 8.16. The fourth-order valence-electron chi connectivity index (χ4n) is 3.44. The van der Waals surface area contributed by atoms with Crippen molar-refractivity contribution in [3.63, 3.8) is 0 Å². The van der Waals surface area contributed by atoms with Crippen molar-refractivity contribution in [1.29, 1.82) is 0 Å². The third-order valence-corrected chi connectivity index (χ3v) is 4.71. The van der Waals surface area contributed by atoms with Crippen molar-refractivity contribution in [2.45, 2.75) is 40.2 Å². The lowest BCUT2D eigenvalue weighted by molar-refractivity contribution is -0.138. The van der Waals surface area contributed by atoms with Gasteiger partial charge in [0.15, 0.2) is 0 Å². The standard InChI is InChI=1S/C18H22ClN3O2/c1-18(2,3)10-22-9-14-12(6-11(4-5-23)17(22)24)7-15(19)16-13(14)8-20-21-16/h5,7-8,11H,4,6,9-10H2,1-3H3,(H,20,21). The monoisotopic (exact) mass is 347 g/mol. The van der Waals surface area contributed by atoms with E-state index in [9.17, 15) is 9.59 Å². The third-order valence-electron chi connectivity index (χ3n) is 4.41. The summed E-state index contributed by atoms with van der Waals surface area (Å²) >= 11 is 6.35. The van der Waals surface area contributed by atoms with Gasteiger partial charge in [-0.2, -0.15) is 5.10 Å². The fourth-order valence-corrected chi connectivity index (χ4v) is 3.71. The molecule has 1 amide bonds. The molecule has 128 valence electrons. The first kappa shape index (κ1) is 17.0. The molecule has 1 aromatic heterocycles. The zero-order chi connectivity index (χ0) is 17.5. The number of aldehydes is 1. The molecule has 1 aliphatic heterocycles. The van der Waals surface area contributed by atoms with Crippen LogP contribution in [0.2, 0.25) is 5.02 Å². The van der Waals surface area contributed by atoms with Gasteiger partial charge in [-0.1, -0.05) is 32.4 Å². The van der Waals surface area contributed by atoms with E-state index in [1.165, 1.54) is 0 Å². The summed E-state index contributed by atoms with van der Waals surface area (Å²) in [5.41, 5.74) is 2.89. The Labute approximate surface area is 146 Å². The van der Waals surface area contributed by atoms with Crippen LogP contribution in [0.1, 0.15) is 38.3 Å². The normalized spacial score (nSPS) is 18.6. The Morgan fingerprint density at radius 2 is 2.21 bits per heavy atom. The van der Waals surface area contributed by atoms with E-state index in [0.29, 0.717) is 24.5 Å². The second-order valence-electron chi connectivity index (χ2n) is 7.71. The molecule has 0 aliphatic carbocycles. The van der Waals surface area contributed by atoms with Gasteiger partial charge in [0.05, 0.1) is 16.7 Å². The lowest BCUT2D eigenvalue weighted by atomic mass is 9.93. The number of carbonyl (C=O) groups excluding carboxylic acids is 2. The van der Waals surface area contributed by atoms with Crippen LogP contribution in [0.4, 0.5) is 0 Å². The number of halogens is 1. The van der Waals surface area contributed by atoms with Crippen LogP contribution in [0.3, 0.4) is 0 Å². The molecule has 0 radical (unpaired) electrons. The molecule has 24 heavy (non-hydrogen) atoms. The van der Waals surface area contributed by atoms with E-state index in [-0.39, 0.29) is 23.7 Å². The van der Waals surface area contributed by atoms with Crippen LogP contribution in [-0.2, 0) is 22.6 Å².